The van der Waals surface area contributed by atoms with E-state index in [1.807, 2.05) is 70.0 Å². The lowest BCUT2D eigenvalue weighted by Crippen LogP contribution is -2.58. The summed E-state index contributed by atoms with van der Waals surface area (Å²) in [5.74, 6) is -5.07. The summed E-state index contributed by atoms with van der Waals surface area (Å²) in [5.41, 5.74) is 6.18. The molecule has 3 aliphatic rings. The monoisotopic (exact) mass is 1150 g/mol. The standard InChI is InChI=1S/C56H81N11O11S2/c1-9-35(5)49(63-54(76)43-22-15-17-27-64(43)7)56(77)65(8)44(34(3)4)29-45(78-36(6)68)55-62-42(33-80-55)53(75)61-41(32-79-38-19-12-11-13-20-38)52(74)60-40(21-14-16-26-57)51(73)59-39(10-2)50(72)58-37-30-66(31-37)46(69)23-18-28-67-47(70)24-25-48(67)71/h11-13,19-20,24-25,33-35,39-41,43-45,49H,9-10,14-18,21-23,26-32,57H2,1-8H3,(H,59,73)(H,60,74)(H,61,75)(H,63,76)/t35-,39-,40+,41-,43+,44+,45+,49-/m0/s1. The number of nitrogens with zero attached hydrogens (tertiary/aromatic N) is 6. The van der Waals surface area contributed by atoms with Gasteiger partial charge in [0.05, 0.1) is 24.8 Å². The Bertz CT molecular complexity index is 2550. The van der Waals surface area contributed by atoms with Crippen molar-refractivity contribution in [1.29, 1.82) is 0 Å². The first-order valence-electron chi connectivity index (χ1n) is 27.8. The first kappa shape index (κ1) is 64.5. The molecule has 0 bridgehead atoms. The van der Waals surface area contributed by atoms with Crippen molar-refractivity contribution in [2.45, 2.75) is 159 Å². The molecule has 0 radical (unpaired) electrons. The Kier molecular flexibility index (Phi) is 25.4. The molecular formula is C56H81N11O11S2. The molecule has 1 aromatic carbocycles. The van der Waals surface area contributed by atoms with Gasteiger partial charge in [-0.2, -0.15) is 0 Å². The average Bonchev–Trinajstić information content (AvgIpc) is 4.08. The van der Waals surface area contributed by atoms with Crippen LogP contribution >= 0.6 is 23.1 Å². The number of thioether (sulfide) groups is 1. The Morgan fingerprint density at radius 3 is 2.19 bits per heavy atom. The van der Waals surface area contributed by atoms with Crippen LogP contribution in [0.15, 0.2) is 57.8 Å². The Morgan fingerprint density at radius 1 is 0.887 bits per heavy atom. The highest BCUT2D eigenvalue weighted by Crippen LogP contribution is 2.31. The SMILES string of the molecule is CC[C@H](NC(=O)[C@@H](CCCCN)NC(=O)[C@H](CSc1ccccc1)NC(=O)c1csc([C@@H](C[C@H](C(C)C)N(C)C(=O)[C@@H](NC(=O)[C@H]2CCCCN2C)[C@@H](C)CC)OC(C)=O)n1)C(=O)N=C1CN(C(=O)CCCN2C(=O)C=CC2=O)C1. The van der Waals surface area contributed by atoms with E-state index in [9.17, 15) is 47.9 Å². The van der Waals surface area contributed by atoms with Gasteiger partial charge in [0.1, 0.15) is 34.9 Å². The van der Waals surface area contributed by atoms with Crippen molar-refractivity contribution in [2.24, 2.45) is 22.6 Å². The summed E-state index contributed by atoms with van der Waals surface area (Å²) in [6.45, 7) is 12.2. The van der Waals surface area contributed by atoms with Gasteiger partial charge in [-0.15, -0.1) is 23.1 Å². The molecule has 0 saturated carbocycles. The molecule has 6 N–H and O–H groups in total. The minimum absolute atomic E-state index is 0.0417. The van der Waals surface area contributed by atoms with E-state index in [1.54, 1.807) is 18.9 Å². The van der Waals surface area contributed by atoms with Crippen LogP contribution in [0.25, 0.3) is 0 Å². The Balaban J connectivity index is 1.27. The van der Waals surface area contributed by atoms with Crippen molar-refractivity contribution in [3.05, 3.63) is 58.6 Å². The summed E-state index contributed by atoms with van der Waals surface area (Å²) in [7, 11) is 3.60. The van der Waals surface area contributed by atoms with Crippen molar-refractivity contribution in [2.75, 3.05) is 52.6 Å². The van der Waals surface area contributed by atoms with Crippen molar-refractivity contribution in [1.82, 2.24) is 45.9 Å². The third kappa shape index (κ3) is 18.6. The number of esters is 1. The second kappa shape index (κ2) is 31.6. The number of hydrogen-bond donors (Lipinski definition) is 5. The zero-order chi connectivity index (χ0) is 58.6. The molecule has 3 aliphatic heterocycles. The van der Waals surface area contributed by atoms with Crippen LogP contribution in [0, 0.1) is 11.8 Å². The van der Waals surface area contributed by atoms with Crippen LogP contribution in [0.4, 0.5) is 0 Å². The fourth-order valence-electron chi connectivity index (χ4n) is 9.59. The molecule has 5 rings (SSSR count). The Morgan fingerprint density at radius 2 is 1.56 bits per heavy atom. The summed E-state index contributed by atoms with van der Waals surface area (Å²) < 4.78 is 5.85. The molecule has 2 fully saturated rings. The normalized spacial score (nSPS) is 18.0. The molecule has 22 nitrogen and oxygen atoms in total. The van der Waals surface area contributed by atoms with Crippen molar-refractivity contribution in [3.8, 4) is 0 Å². The number of benzene rings is 1. The number of nitrogens with one attached hydrogen (secondary N) is 4. The van der Waals surface area contributed by atoms with Crippen LogP contribution in [0.5, 0.6) is 0 Å². The third-order valence-electron chi connectivity index (χ3n) is 14.7. The van der Waals surface area contributed by atoms with E-state index in [2.05, 4.69) is 31.2 Å². The number of likely N-dealkylation sites (tertiary alicyclic amines) is 2. The molecule has 8 atom stereocenters. The van der Waals surface area contributed by atoms with Gasteiger partial charge in [0.25, 0.3) is 23.6 Å². The van der Waals surface area contributed by atoms with Gasteiger partial charge in [0, 0.05) is 67.6 Å². The molecule has 9 amide bonds. The number of amides is 9. The van der Waals surface area contributed by atoms with E-state index in [0.717, 1.165) is 40.5 Å². The lowest BCUT2D eigenvalue weighted by Gasteiger charge is -2.38. The minimum atomic E-state index is -1.21. The molecule has 0 unspecified atom stereocenters. The summed E-state index contributed by atoms with van der Waals surface area (Å²) in [6.07, 6.45) is 6.47. The van der Waals surface area contributed by atoms with Crippen molar-refractivity contribution in [3.63, 3.8) is 0 Å². The quantitative estimate of drug-likeness (QED) is 0.0324. The van der Waals surface area contributed by atoms with Crippen molar-refractivity contribution >= 4 is 87.9 Å². The van der Waals surface area contributed by atoms with Gasteiger partial charge < -0.3 is 41.5 Å². The number of imide groups is 1. The first-order valence-corrected chi connectivity index (χ1v) is 29.6. The zero-order valence-corrected chi connectivity index (χ0v) is 49.0. The van der Waals surface area contributed by atoms with E-state index in [-0.39, 0.29) is 104 Å². The lowest BCUT2D eigenvalue weighted by atomic mass is 9.92. The van der Waals surface area contributed by atoms with E-state index < -0.39 is 77.7 Å². The third-order valence-corrected chi connectivity index (χ3v) is 16.7. The van der Waals surface area contributed by atoms with Gasteiger partial charge in [-0.25, -0.2) is 9.98 Å². The van der Waals surface area contributed by atoms with Crippen LogP contribution in [-0.2, 0) is 47.9 Å². The number of ether oxygens (including phenoxy) is 1. The van der Waals surface area contributed by atoms with Crippen LogP contribution in [-0.4, -0.2) is 178 Å². The van der Waals surface area contributed by atoms with Crippen LogP contribution in [0.1, 0.15) is 134 Å². The molecule has 0 aliphatic carbocycles. The van der Waals surface area contributed by atoms with E-state index in [4.69, 9.17) is 10.5 Å². The molecular weight excluding hydrogens is 1070 g/mol. The number of thiazole rings is 1. The minimum Gasteiger partial charge on any atom is -0.455 e. The van der Waals surface area contributed by atoms with E-state index >= 15 is 0 Å². The van der Waals surface area contributed by atoms with Gasteiger partial charge in [0.15, 0.2) is 6.10 Å². The molecule has 0 spiro atoms. The fraction of sp³-hybridized carbons (Fsp3) is 0.607. The maximum absolute atomic E-state index is 14.4. The number of unbranched alkanes of at least 4 members (excludes halogenated alkanes) is 1. The highest BCUT2D eigenvalue weighted by molar-refractivity contribution is 7.99. The number of aliphatic imine (C=N–C) groups is 1. The smallest absolute Gasteiger partial charge is 0.303 e. The fourth-order valence-corrected chi connectivity index (χ4v) is 11.4. The molecule has 2 aromatic rings. The predicted octanol–water partition coefficient (Wildman–Crippen LogP) is 3.55. The zero-order valence-electron chi connectivity index (χ0n) is 47.4. The Labute approximate surface area is 477 Å². The molecule has 4 heterocycles. The van der Waals surface area contributed by atoms with Crippen LogP contribution < -0.4 is 27.0 Å². The lowest BCUT2D eigenvalue weighted by molar-refractivity contribution is -0.149. The molecule has 24 heteroatoms. The molecule has 80 heavy (non-hydrogen) atoms. The number of likely N-dealkylation sites (N-methyl/N-ethyl adjacent to an activating group) is 2. The molecule has 438 valence electrons. The number of carbonyl (C=O) groups excluding carboxylic acids is 10. The summed E-state index contributed by atoms with van der Waals surface area (Å²) in [6, 6.07) is 4.18. The number of rotatable bonds is 30. The van der Waals surface area contributed by atoms with Gasteiger partial charge in [-0.3, -0.25) is 57.7 Å². The molecule has 1 aromatic heterocycles. The van der Waals surface area contributed by atoms with E-state index in [0.29, 0.717) is 37.9 Å². The average molecular weight is 1150 g/mol. The van der Waals surface area contributed by atoms with Gasteiger partial charge in [-0.05, 0) is 89.1 Å². The van der Waals surface area contributed by atoms with Crippen LogP contribution in [0.2, 0.25) is 0 Å². The second-order valence-corrected chi connectivity index (χ2v) is 23.0. The van der Waals surface area contributed by atoms with Crippen LogP contribution in [0.3, 0.4) is 0 Å². The summed E-state index contributed by atoms with van der Waals surface area (Å²) >= 11 is 2.38. The maximum atomic E-state index is 14.4. The van der Waals surface area contributed by atoms with E-state index in [1.165, 1.54) is 41.1 Å². The maximum Gasteiger partial charge on any atom is 0.303 e. The summed E-state index contributed by atoms with van der Waals surface area (Å²) in [5, 5.41) is 13.2. The second-order valence-electron chi connectivity index (χ2n) is 21.0. The molecule has 2 saturated heterocycles. The number of aromatic nitrogens is 1. The topological polar surface area (TPSA) is 292 Å². The number of carbonyl (C=O) groups is 10. The number of nitrogens with two attached hydrogens (primary N) is 1. The largest absolute Gasteiger partial charge is 0.455 e. The number of hydrogen-bond acceptors (Lipinski definition) is 16. The summed E-state index contributed by atoms with van der Waals surface area (Å²) in [4.78, 5) is 149. The van der Waals surface area contributed by atoms with Gasteiger partial charge in [0.2, 0.25) is 29.5 Å². The Hall–Kier alpha value is -6.37. The highest BCUT2D eigenvalue weighted by atomic mass is 32.2. The number of piperidine rings is 1. The van der Waals surface area contributed by atoms with Gasteiger partial charge >= 0.3 is 5.97 Å². The first-order chi connectivity index (χ1) is 38.1. The highest BCUT2D eigenvalue weighted by Gasteiger charge is 2.38. The predicted molar refractivity (Wildman–Crippen MR) is 304 cm³/mol. The van der Waals surface area contributed by atoms with Gasteiger partial charge in [-0.1, -0.05) is 65.7 Å². The van der Waals surface area contributed by atoms with Crippen molar-refractivity contribution < 1.29 is 52.7 Å².